The number of hydrogen-bond acceptors (Lipinski definition) is 10. The molecule has 0 unspecified atom stereocenters. The topological polar surface area (TPSA) is 169 Å². The van der Waals surface area contributed by atoms with Crippen LogP contribution in [0.4, 0.5) is 0 Å². The molecule has 7 rings (SSSR count). The molecule has 0 amide bonds. The standard InChI is InChI=1S/C30H24O10/c31-18-6-5-13(7-20(18)33)28-23(36)10-16-19(32)11-25-26(29(16)38-28)17-12-30(40-25,39-24-4-2-1-3-15(17)24)14-8-21(34)27(37)22(35)9-14/h1-9,11,17,23,28,31-37H,10,12H2/t17-,23-,28+,30-/m1/s1. The maximum atomic E-state index is 11.0. The van der Waals surface area contributed by atoms with Crippen LogP contribution in [0.15, 0.2) is 60.7 Å². The number of aromatic hydroxyl groups is 6. The lowest BCUT2D eigenvalue weighted by atomic mass is 9.76. The number of aliphatic hydroxyl groups excluding tert-OH is 1. The molecule has 4 aromatic rings. The Labute approximate surface area is 227 Å². The van der Waals surface area contributed by atoms with Crippen LogP contribution >= 0.6 is 0 Å². The molecule has 10 heteroatoms. The van der Waals surface area contributed by atoms with Gasteiger partial charge in [-0.3, -0.25) is 0 Å². The van der Waals surface area contributed by atoms with Crippen LogP contribution in [0.1, 0.15) is 46.3 Å². The third-order valence-corrected chi connectivity index (χ3v) is 7.87. The predicted molar refractivity (Wildman–Crippen MR) is 138 cm³/mol. The molecule has 204 valence electrons. The molecule has 0 radical (unpaired) electrons. The van der Waals surface area contributed by atoms with Gasteiger partial charge in [0, 0.05) is 47.1 Å². The van der Waals surface area contributed by atoms with Crippen molar-refractivity contribution >= 4 is 0 Å². The Morgan fingerprint density at radius 1 is 0.725 bits per heavy atom. The average molecular weight is 545 g/mol. The number of hydrogen-bond donors (Lipinski definition) is 7. The monoisotopic (exact) mass is 544 g/mol. The zero-order valence-corrected chi connectivity index (χ0v) is 20.8. The number of fused-ring (bicyclic) bond motifs is 8. The summed E-state index contributed by atoms with van der Waals surface area (Å²) in [6.45, 7) is 0. The molecular weight excluding hydrogens is 520 g/mol. The lowest BCUT2D eigenvalue weighted by Gasteiger charge is -2.47. The molecule has 0 saturated heterocycles. The fraction of sp³-hybridized carbons (Fsp3) is 0.200. The van der Waals surface area contributed by atoms with E-state index in [0.717, 1.165) is 5.56 Å². The van der Waals surface area contributed by atoms with Crippen LogP contribution in [0, 0.1) is 0 Å². The summed E-state index contributed by atoms with van der Waals surface area (Å²) in [5.74, 6) is -3.49. The molecule has 0 saturated carbocycles. The zero-order chi connectivity index (χ0) is 27.9. The van der Waals surface area contributed by atoms with E-state index in [2.05, 4.69) is 0 Å². The molecule has 4 atom stereocenters. The van der Waals surface area contributed by atoms with E-state index >= 15 is 0 Å². The third kappa shape index (κ3) is 3.39. The normalized spacial score (nSPS) is 24.0. The van der Waals surface area contributed by atoms with Crippen molar-refractivity contribution in [1.82, 2.24) is 0 Å². The van der Waals surface area contributed by atoms with Crippen molar-refractivity contribution < 1.29 is 50.0 Å². The first-order valence-corrected chi connectivity index (χ1v) is 12.6. The van der Waals surface area contributed by atoms with E-state index in [9.17, 15) is 35.7 Å². The first kappa shape index (κ1) is 24.1. The molecule has 40 heavy (non-hydrogen) atoms. The Balaban J connectivity index is 1.42. The fourth-order valence-corrected chi connectivity index (χ4v) is 5.97. The first-order valence-electron chi connectivity index (χ1n) is 12.6. The van der Waals surface area contributed by atoms with Gasteiger partial charge in [-0.2, -0.15) is 0 Å². The minimum Gasteiger partial charge on any atom is -0.507 e. The van der Waals surface area contributed by atoms with E-state index in [-0.39, 0.29) is 41.4 Å². The smallest absolute Gasteiger partial charge is 0.279 e. The van der Waals surface area contributed by atoms with Crippen molar-refractivity contribution in [2.75, 3.05) is 0 Å². The van der Waals surface area contributed by atoms with Crippen molar-refractivity contribution in [3.63, 3.8) is 0 Å². The van der Waals surface area contributed by atoms with Crippen LogP contribution in [0.2, 0.25) is 0 Å². The van der Waals surface area contributed by atoms with Gasteiger partial charge in [0.1, 0.15) is 29.1 Å². The summed E-state index contributed by atoms with van der Waals surface area (Å²) < 4.78 is 19.2. The second kappa shape index (κ2) is 8.27. The summed E-state index contributed by atoms with van der Waals surface area (Å²) in [4.78, 5) is 0. The van der Waals surface area contributed by atoms with E-state index in [4.69, 9.17) is 14.2 Å². The van der Waals surface area contributed by atoms with Crippen molar-refractivity contribution in [1.29, 1.82) is 0 Å². The zero-order valence-electron chi connectivity index (χ0n) is 20.8. The average Bonchev–Trinajstić information content (AvgIpc) is 2.93. The summed E-state index contributed by atoms with van der Waals surface area (Å²) >= 11 is 0. The molecule has 3 aliphatic rings. The predicted octanol–water partition coefficient (Wildman–Crippen LogP) is 4.12. The molecule has 0 aliphatic carbocycles. The van der Waals surface area contributed by atoms with E-state index in [1.54, 1.807) is 12.1 Å². The second-order valence-electron chi connectivity index (χ2n) is 10.3. The highest BCUT2D eigenvalue weighted by molar-refractivity contribution is 5.65. The molecule has 7 N–H and O–H groups in total. The van der Waals surface area contributed by atoms with E-state index in [1.165, 1.54) is 36.4 Å². The molecule has 2 bridgehead atoms. The van der Waals surface area contributed by atoms with Crippen molar-refractivity contribution in [2.45, 2.75) is 36.8 Å². The van der Waals surface area contributed by atoms with Gasteiger partial charge >= 0.3 is 0 Å². The molecule has 10 nitrogen and oxygen atoms in total. The maximum Gasteiger partial charge on any atom is 0.279 e. The minimum atomic E-state index is -1.54. The first-order chi connectivity index (χ1) is 19.1. The summed E-state index contributed by atoms with van der Waals surface area (Å²) in [7, 11) is 0. The van der Waals surface area contributed by atoms with Gasteiger partial charge in [0.2, 0.25) is 0 Å². The lowest BCUT2D eigenvalue weighted by Crippen LogP contribution is -2.47. The van der Waals surface area contributed by atoms with Crippen molar-refractivity contribution in [3.8, 4) is 51.7 Å². The minimum absolute atomic E-state index is 0.0521. The van der Waals surface area contributed by atoms with E-state index < -0.39 is 41.2 Å². The summed E-state index contributed by atoms with van der Waals surface area (Å²) in [5, 5.41) is 72.2. The highest BCUT2D eigenvalue weighted by atomic mass is 16.7. The highest BCUT2D eigenvalue weighted by Crippen LogP contribution is 2.60. The van der Waals surface area contributed by atoms with Crippen LogP contribution in [0.5, 0.6) is 51.7 Å². The number of aliphatic hydroxyl groups is 1. The van der Waals surface area contributed by atoms with Gasteiger partial charge in [-0.05, 0) is 35.9 Å². The van der Waals surface area contributed by atoms with Gasteiger partial charge in [-0.1, -0.05) is 24.3 Å². The van der Waals surface area contributed by atoms with Gasteiger partial charge in [-0.15, -0.1) is 0 Å². The summed E-state index contributed by atoms with van der Waals surface area (Å²) in [6.07, 6.45) is -1.74. The van der Waals surface area contributed by atoms with Gasteiger partial charge in [0.05, 0.1) is 6.10 Å². The third-order valence-electron chi connectivity index (χ3n) is 7.87. The molecule has 0 spiro atoms. The number of ether oxygens (including phenoxy) is 3. The van der Waals surface area contributed by atoms with Crippen molar-refractivity contribution in [3.05, 3.63) is 88.5 Å². The van der Waals surface area contributed by atoms with Crippen molar-refractivity contribution in [2.24, 2.45) is 0 Å². The molecule has 0 aromatic heterocycles. The lowest BCUT2D eigenvalue weighted by molar-refractivity contribution is -0.149. The maximum absolute atomic E-state index is 11.0. The molecular formula is C30H24O10. The van der Waals surface area contributed by atoms with Crippen LogP contribution < -0.4 is 14.2 Å². The Bertz CT molecular complexity index is 1680. The van der Waals surface area contributed by atoms with Crippen LogP contribution in [0.3, 0.4) is 0 Å². The van der Waals surface area contributed by atoms with E-state index in [0.29, 0.717) is 28.2 Å². The Kier molecular flexibility index (Phi) is 4.98. The van der Waals surface area contributed by atoms with Gasteiger partial charge in [-0.25, -0.2) is 0 Å². The SMILES string of the molecule is Oc1ccc([C@@H]2Oc3c(c(O)cc4c3[C@@H]3C[C@@](c5cc(O)c(O)c(O)c5)(Oc5ccccc53)O4)C[C@H]2O)cc1O. The molecule has 3 heterocycles. The van der Waals surface area contributed by atoms with Gasteiger partial charge in [0.15, 0.2) is 28.7 Å². The molecule has 4 aromatic carbocycles. The van der Waals surface area contributed by atoms with Crippen LogP contribution in [0.25, 0.3) is 0 Å². The Morgan fingerprint density at radius 3 is 2.20 bits per heavy atom. The second-order valence-corrected chi connectivity index (χ2v) is 10.3. The van der Waals surface area contributed by atoms with Crippen LogP contribution in [-0.2, 0) is 12.2 Å². The quantitative estimate of drug-likeness (QED) is 0.182. The summed E-state index contributed by atoms with van der Waals surface area (Å²) in [6, 6.07) is 15.4. The molecule has 0 fully saturated rings. The number of phenols is 6. The van der Waals surface area contributed by atoms with Gasteiger partial charge < -0.3 is 50.0 Å². The van der Waals surface area contributed by atoms with E-state index in [1.807, 2.05) is 12.1 Å². The number of rotatable bonds is 2. The Hall–Kier alpha value is -4.96. The number of benzene rings is 4. The number of para-hydroxylation sites is 1. The summed E-state index contributed by atoms with van der Waals surface area (Å²) in [5.41, 5.74) is 2.50. The highest BCUT2D eigenvalue weighted by Gasteiger charge is 2.52. The molecule has 3 aliphatic heterocycles. The largest absolute Gasteiger partial charge is 0.507 e. The number of phenolic OH excluding ortho intramolecular Hbond substituents is 6. The van der Waals surface area contributed by atoms with Gasteiger partial charge in [0.25, 0.3) is 5.79 Å². The Morgan fingerprint density at radius 2 is 1.45 bits per heavy atom. The fourth-order valence-electron chi connectivity index (χ4n) is 5.97. The van der Waals surface area contributed by atoms with Crippen LogP contribution in [-0.4, -0.2) is 41.8 Å².